The first kappa shape index (κ1) is 9.07. The molecule has 0 aliphatic carbocycles. The van der Waals surface area contributed by atoms with Crippen molar-refractivity contribution in [2.24, 2.45) is 0 Å². The Bertz CT molecular complexity index is 468. The minimum Gasteiger partial charge on any atom is -0.236 e. The summed E-state index contributed by atoms with van der Waals surface area (Å²) < 4.78 is 0. The van der Waals surface area contributed by atoms with Gasteiger partial charge in [0, 0.05) is 5.39 Å². The number of halogens is 3. The van der Waals surface area contributed by atoms with Crippen LogP contribution in [0.25, 0.3) is 10.9 Å². The molecule has 0 N–H and O–H groups in total. The molecule has 13 heavy (non-hydrogen) atoms. The lowest BCUT2D eigenvalue weighted by Crippen LogP contribution is -1.80. The maximum atomic E-state index is 5.83. The zero-order chi connectivity index (χ0) is 9.42. The molecule has 0 spiro atoms. The van der Waals surface area contributed by atoms with E-state index in [1.165, 1.54) is 0 Å². The molecule has 0 saturated carbocycles. The molecule has 66 valence electrons. The number of pyridine rings is 1. The summed E-state index contributed by atoms with van der Waals surface area (Å²) in [6, 6.07) is 7.04. The van der Waals surface area contributed by atoms with Crippen LogP contribution >= 0.6 is 34.8 Å². The molecule has 0 unspecified atom stereocenters. The summed E-state index contributed by atoms with van der Waals surface area (Å²) in [6.45, 7) is 0. The minimum atomic E-state index is 0.450. The Kier molecular flexibility index (Phi) is 2.33. The molecule has 2 rings (SSSR count). The third-order valence-electron chi connectivity index (χ3n) is 1.70. The van der Waals surface area contributed by atoms with Gasteiger partial charge in [-0.15, -0.1) is 0 Å². The van der Waals surface area contributed by atoms with Gasteiger partial charge in [-0.05, 0) is 24.3 Å². The molecular formula is C9H4Cl3N. The van der Waals surface area contributed by atoms with Gasteiger partial charge < -0.3 is 0 Å². The Labute approximate surface area is 90.2 Å². The SMILES string of the molecule is Clc1ccc2cc(Cl)c(Cl)cc2n1. The molecule has 4 heteroatoms. The Hall–Kier alpha value is -0.500. The smallest absolute Gasteiger partial charge is 0.129 e. The fraction of sp³-hybridized carbons (Fsp3) is 0. The summed E-state index contributed by atoms with van der Waals surface area (Å²) in [5.41, 5.74) is 0.752. The number of benzene rings is 1. The second-order valence-corrected chi connectivity index (χ2v) is 3.79. The fourth-order valence-electron chi connectivity index (χ4n) is 1.09. The topological polar surface area (TPSA) is 12.9 Å². The summed E-state index contributed by atoms with van der Waals surface area (Å²) in [7, 11) is 0. The fourth-order valence-corrected chi connectivity index (χ4v) is 1.58. The van der Waals surface area contributed by atoms with E-state index in [1.54, 1.807) is 18.2 Å². The minimum absolute atomic E-state index is 0.450. The first-order chi connectivity index (χ1) is 6.16. The Morgan fingerprint density at radius 3 is 2.38 bits per heavy atom. The Morgan fingerprint density at radius 1 is 0.923 bits per heavy atom. The quantitative estimate of drug-likeness (QED) is 0.621. The van der Waals surface area contributed by atoms with Gasteiger partial charge in [0.25, 0.3) is 0 Å². The third kappa shape index (κ3) is 1.73. The van der Waals surface area contributed by atoms with Crippen LogP contribution in [-0.4, -0.2) is 4.98 Å². The number of hydrogen-bond donors (Lipinski definition) is 0. The molecule has 0 radical (unpaired) electrons. The van der Waals surface area contributed by atoms with Crippen molar-refractivity contribution >= 4 is 45.7 Å². The third-order valence-corrected chi connectivity index (χ3v) is 2.63. The van der Waals surface area contributed by atoms with Crippen LogP contribution in [-0.2, 0) is 0 Å². The van der Waals surface area contributed by atoms with E-state index in [0.717, 1.165) is 10.9 Å². The van der Waals surface area contributed by atoms with E-state index in [-0.39, 0.29) is 0 Å². The van der Waals surface area contributed by atoms with E-state index < -0.39 is 0 Å². The van der Waals surface area contributed by atoms with E-state index in [1.807, 2.05) is 6.07 Å². The Balaban J connectivity index is 2.81. The van der Waals surface area contributed by atoms with Gasteiger partial charge in [0.2, 0.25) is 0 Å². The van der Waals surface area contributed by atoms with Crippen LogP contribution in [0.4, 0.5) is 0 Å². The maximum absolute atomic E-state index is 5.83. The van der Waals surface area contributed by atoms with Crippen LogP contribution in [0.5, 0.6) is 0 Å². The summed E-state index contributed by atoms with van der Waals surface area (Å²) in [4.78, 5) is 4.10. The number of aromatic nitrogens is 1. The van der Waals surface area contributed by atoms with Gasteiger partial charge in [-0.1, -0.05) is 34.8 Å². The van der Waals surface area contributed by atoms with Crippen molar-refractivity contribution in [1.29, 1.82) is 0 Å². The molecule has 0 aliphatic heterocycles. The number of nitrogens with zero attached hydrogens (tertiary/aromatic N) is 1. The zero-order valence-electron chi connectivity index (χ0n) is 6.39. The molecular weight excluding hydrogens is 228 g/mol. The molecule has 1 aromatic carbocycles. The highest BCUT2D eigenvalue weighted by molar-refractivity contribution is 6.42. The lowest BCUT2D eigenvalue weighted by molar-refractivity contribution is 1.41. The highest BCUT2D eigenvalue weighted by Gasteiger charge is 2.01. The van der Waals surface area contributed by atoms with Crippen LogP contribution in [0.1, 0.15) is 0 Å². The number of rotatable bonds is 0. The molecule has 0 saturated heterocycles. The molecule has 1 heterocycles. The van der Waals surface area contributed by atoms with Gasteiger partial charge in [0.15, 0.2) is 0 Å². The highest BCUT2D eigenvalue weighted by atomic mass is 35.5. The second kappa shape index (κ2) is 3.33. The van der Waals surface area contributed by atoms with E-state index >= 15 is 0 Å². The molecule has 1 aromatic heterocycles. The summed E-state index contributed by atoms with van der Waals surface area (Å²) in [5.74, 6) is 0. The normalized spacial score (nSPS) is 10.7. The summed E-state index contributed by atoms with van der Waals surface area (Å²) in [6.07, 6.45) is 0. The lowest BCUT2D eigenvalue weighted by Gasteiger charge is -2.00. The van der Waals surface area contributed by atoms with Crippen molar-refractivity contribution < 1.29 is 0 Å². The molecule has 0 amide bonds. The lowest BCUT2D eigenvalue weighted by atomic mass is 10.2. The monoisotopic (exact) mass is 231 g/mol. The van der Waals surface area contributed by atoms with Gasteiger partial charge in [-0.2, -0.15) is 0 Å². The predicted octanol–water partition coefficient (Wildman–Crippen LogP) is 4.20. The molecule has 1 nitrogen and oxygen atoms in total. The van der Waals surface area contributed by atoms with Crippen molar-refractivity contribution in [1.82, 2.24) is 4.98 Å². The first-order valence-corrected chi connectivity index (χ1v) is 4.71. The summed E-state index contributed by atoms with van der Waals surface area (Å²) in [5, 5.41) is 2.40. The van der Waals surface area contributed by atoms with Crippen molar-refractivity contribution in [2.45, 2.75) is 0 Å². The van der Waals surface area contributed by atoms with E-state index in [4.69, 9.17) is 34.8 Å². The van der Waals surface area contributed by atoms with Gasteiger partial charge >= 0.3 is 0 Å². The van der Waals surface area contributed by atoms with Crippen molar-refractivity contribution in [2.75, 3.05) is 0 Å². The average molecular weight is 232 g/mol. The second-order valence-electron chi connectivity index (χ2n) is 2.59. The molecule has 0 aliphatic rings. The largest absolute Gasteiger partial charge is 0.236 e. The molecule has 0 atom stereocenters. The van der Waals surface area contributed by atoms with Crippen molar-refractivity contribution in [3.8, 4) is 0 Å². The average Bonchev–Trinajstić information content (AvgIpc) is 2.08. The van der Waals surface area contributed by atoms with Crippen LogP contribution in [0.3, 0.4) is 0 Å². The van der Waals surface area contributed by atoms with Crippen molar-refractivity contribution in [3.05, 3.63) is 39.5 Å². The van der Waals surface area contributed by atoms with Gasteiger partial charge in [-0.3, -0.25) is 0 Å². The first-order valence-electron chi connectivity index (χ1n) is 3.58. The van der Waals surface area contributed by atoms with Crippen molar-refractivity contribution in [3.63, 3.8) is 0 Å². The van der Waals surface area contributed by atoms with Crippen LogP contribution < -0.4 is 0 Å². The zero-order valence-corrected chi connectivity index (χ0v) is 8.66. The Morgan fingerprint density at radius 2 is 1.62 bits per heavy atom. The summed E-state index contributed by atoms with van der Waals surface area (Å²) >= 11 is 17.4. The highest BCUT2D eigenvalue weighted by Crippen LogP contribution is 2.27. The number of fused-ring (bicyclic) bond motifs is 1. The van der Waals surface area contributed by atoms with E-state index in [0.29, 0.717) is 15.2 Å². The van der Waals surface area contributed by atoms with Gasteiger partial charge in [0.1, 0.15) is 5.15 Å². The molecule has 2 aromatic rings. The molecule has 0 bridgehead atoms. The molecule has 0 fully saturated rings. The number of hydrogen-bond acceptors (Lipinski definition) is 1. The predicted molar refractivity (Wildman–Crippen MR) is 56.8 cm³/mol. The standard InChI is InChI=1S/C9H4Cl3N/c10-6-3-5-1-2-9(12)13-8(5)4-7(6)11/h1-4H. The van der Waals surface area contributed by atoms with E-state index in [9.17, 15) is 0 Å². The van der Waals surface area contributed by atoms with E-state index in [2.05, 4.69) is 4.98 Å². The van der Waals surface area contributed by atoms with Gasteiger partial charge in [-0.25, -0.2) is 4.98 Å². The maximum Gasteiger partial charge on any atom is 0.129 e. The van der Waals surface area contributed by atoms with Crippen LogP contribution in [0, 0.1) is 0 Å². The van der Waals surface area contributed by atoms with Crippen LogP contribution in [0.15, 0.2) is 24.3 Å². The van der Waals surface area contributed by atoms with Crippen LogP contribution in [0.2, 0.25) is 15.2 Å². The van der Waals surface area contributed by atoms with Gasteiger partial charge in [0.05, 0.1) is 15.6 Å².